The number of halogens is 1. The number of guanidine groups is 1. The van der Waals surface area contributed by atoms with E-state index in [1.54, 1.807) is 7.05 Å². The average molecular weight is 578 g/mol. The number of nitrogens with one attached hydrogen (secondary N) is 2. The highest BCUT2D eigenvalue weighted by molar-refractivity contribution is 14.0. The molecule has 0 aliphatic carbocycles. The monoisotopic (exact) mass is 577 g/mol. The lowest BCUT2D eigenvalue weighted by atomic mass is 10.1. The fourth-order valence-corrected chi connectivity index (χ4v) is 3.59. The minimum Gasteiger partial charge on any atom is -0.490 e. The minimum absolute atomic E-state index is 0. The molecular formula is C26H36IN5O2. The van der Waals surface area contributed by atoms with Crippen LogP contribution >= 0.6 is 24.0 Å². The maximum Gasteiger partial charge on any atom is 0.191 e. The average Bonchev–Trinajstić information content (AvgIpc) is 3.22. The Hall–Kier alpha value is -2.75. The predicted octanol–water partition coefficient (Wildman–Crippen LogP) is 4.56. The molecule has 7 nitrogen and oxygen atoms in total. The number of aryl methyl sites for hydroxylation is 1. The predicted molar refractivity (Wildman–Crippen MR) is 149 cm³/mol. The van der Waals surface area contributed by atoms with Gasteiger partial charge >= 0.3 is 0 Å². The van der Waals surface area contributed by atoms with E-state index in [-0.39, 0.29) is 24.0 Å². The van der Waals surface area contributed by atoms with Crippen LogP contribution in [0.5, 0.6) is 11.5 Å². The van der Waals surface area contributed by atoms with Crippen LogP contribution in [0.3, 0.4) is 0 Å². The molecule has 34 heavy (non-hydrogen) atoms. The number of aliphatic imine (C=N–C) groups is 1. The van der Waals surface area contributed by atoms with Crippen molar-refractivity contribution in [3.8, 4) is 11.5 Å². The van der Waals surface area contributed by atoms with Crippen LogP contribution in [-0.2, 0) is 19.5 Å². The van der Waals surface area contributed by atoms with Gasteiger partial charge < -0.3 is 24.7 Å². The van der Waals surface area contributed by atoms with E-state index in [1.807, 2.05) is 39.2 Å². The first-order chi connectivity index (χ1) is 16.1. The summed E-state index contributed by atoms with van der Waals surface area (Å²) < 4.78 is 13.5. The van der Waals surface area contributed by atoms with Crippen molar-refractivity contribution >= 4 is 29.9 Å². The smallest absolute Gasteiger partial charge is 0.191 e. The van der Waals surface area contributed by atoms with E-state index in [1.165, 1.54) is 16.7 Å². The number of benzene rings is 2. The van der Waals surface area contributed by atoms with Gasteiger partial charge in [-0.1, -0.05) is 30.3 Å². The van der Waals surface area contributed by atoms with Gasteiger partial charge in [-0.3, -0.25) is 4.99 Å². The molecule has 1 heterocycles. The zero-order valence-corrected chi connectivity index (χ0v) is 22.8. The van der Waals surface area contributed by atoms with Gasteiger partial charge in [0.15, 0.2) is 17.5 Å². The van der Waals surface area contributed by atoms with E-state index in [9.17, 15) is 0 Å². The standard InChI is InChI=1S/C26H35N5O2.HI/c1-5-32-24-11-10-21(17-25(24)33-6-2)12-13-29-26(27-4)30-18-22-8-7-9-23(16-22)19-31-15-14-28-20(31)3;/h7-11,14-17H,5-6,12-13,18-19H2,1-4H3,(H2,27,29,30);1H. The lowest BCUT2D eigenvalue weighted by molar-refractivity contribution is 0.287. The van der Waals surface area contributed by atoms with Crippen molar-refractivity contribution < 1.29 is 9.47 Å². The van der Waals surface area contributed by atoms with Gasteiger partial charge in [0, 0.05) is 39.1 Å². The van der Waals surface area contributed by atoms with Gasteiger partial charge in [-0.05, 0) is 56.0 Å². The highest BCUT2D eigenvalue weighted by atomic mass is 127. The second-order valence-corrected chi connectivity index (χ2v) is 7.67. The van der Waals surface area contributed by atoms with Crippen molar-refractivity contribution in [2.24, 2.45) is 4.99 Å². The lowest BCUT2D eigenvalue weighted by Crippen LogP contribution is -2.37. The summed E-state index contributed by atoms with van der Waals surface area (Å²) >= 11 is 0. The van der Waals surface area contributed by atoms with Crippen molar-refractivity contribution in [1.82, 2.24) is 20.2 Å². The fraction of sp³-hybridized carbons (Fsp3) is 0.385. The lowest BCUT2D eigenvalue weighted by Gasteiger charge is -2.14. The van der Waals surface area contributed by atoms with E-state index in [2.05, 4.69) is 61.6 Å². The van der Waals surface area contributed by atoms with Gasteiger partial charge in [0.25, 0.3) is 0 Å². The Morgan fingerprint density at radius 1 is 0.971 bits per heavy atom. The van der Waals surface area contributed by atoms with Crippen LogP contribution in [0.4, 0.5) is 0 Å². The quantitative estimate of drug-likeness (QED) is 0.199. The maximum atomic E-state index is 5.73. The number of imidazole rings is 1. The van der Waals surface area contributed by atoms with Crippen molar-refractivity contribution in [3.63, 3.8) is 0 Å². The topological polar surface area (TPSA) is 72.7 Å². The number of nitrogens with zero attached hydrogens (tertiary/aromatic N) is 3. The third kappa shape index (κ3) is 8.23. The summed E-state index contributed by atoms with van der Waals surface area (Å²) in [7, 11) is 1.79. The van der Waals surface area contributed by atoms with Crippen LogP contribution in [0.1, 0.15) is 36.4 Å². The summed E-state index contributed by atoms with van der Waals surface area (Å²) in [6.07, 6.45) is 4.70. The second kappa shape index (κ2) is 14.5. The molecule has 0 radical (unpaired) electrons. The Morgan fingerprint density at radius 3 is 2.44 bits per heavy atom. The summed E-state index contributed by atoms with van der Waals surface area (Å²) in [5.74, 6) is 3.38. The molecule has 0 spiro atoms. The molecule has 0 amide bonds. The van der Waals surface area contributed by atoms with E-state index in [0.717, 1.165) is 42.8 Å². The molecule has 0 aliphatic rings. The van der Waals surface area contributed by atoms with Crippen molar-refractivity contribution in [1.29, 1.82) is 0 Å². The van der Waals surface area contributed by atoms with E-state index in [0.29, 0.717) is 19.8 Å². The SMILES string of the molecule is CCOc1ccc(CCNC(=NC)NCc2cccc(Cn3ccnc3C)c2)cc1OCC.I. The zero-order valence-electron chi connectivity index (χ0n) is 20.5. The summed E-state index contributed by atoms with van der Waals surface area (Å²) in [6.45, 7) is 9.49. The van der Waals surface area contributed by atoms with Crippen LogP contribution in [0.15, 0.2) is 59.9 Å². The first-order valence-electron chi connectivity index (χ1n) is 11.5. The molecule has 2 aromatic carbocycles. The molecule has 0 saturated heterocycles. The molecule has 0 atom stereocenters. The third-order valence-electron chi connectivity index (χ3n) is 5.27. The van der Waals surface area contributed by atoms with Crippen LogP contribution < -0.4 is 20.1 Å². The first kappa shape index (κ1) is 27.5. The van der Waals surface area contributed by atoms with E-state index < -0.39 is 0 Å². The summed E-state index contributed by atoms with van der Waals surface area (Å²) in [5.41, 5.74) is 3.65. The van der Waals surface area contributed by atoms with Gasteiger partial charge in [-0.25, -0.2) is 4.98 Å². The molecule has 0 saturated carbocycles. The molecule has 1 aromatic heterocycles. The molecule has 0 fully saturated rings. The number of rotatable bonds is 11. The Labute approximate surface area is 220 Å². The highest BCUT2D eigenvalue weighted by Gasteiger charge is 2.07. The van der Waals surface area contributed by atoms with Gasteiger partial charge in [0.1, 0.15) is 5.82 Å². The number of hydrogen-bond acceptors (Lipinski definition) is 4. The largest absolute Gasteiger partial charge is 0.490 e. The molecule has 8 heteroatoms. The molecule has 3 rings (SSSR count). The van der Waals surface area contributed by atoms with Crippen molar-refractivity contribution in [3.05, 3.63) is 77.4 Å². The van der Waals surface area contributed by atoms with E-state index >= 15 is 0 Å². The van der Waals surface area contributed by atoms with Gasteiger partial charge in [-0.2, -0.15) is 0 Å². The molecule has 2 N–H and O–H groups in total. The zero-order chi connectivity index (χ0) is 23.5. The number of ether oxygens (including phenoxy) is 2. The van der Waals surface area contributed by atoms with Crippen molar-refractivity contribution in [2.75, 3.05) is 26.8 Å². The van der Waals surface area contributed by atoms with Crippen LogP contribution in [0, 0.1) is 6.92 Å². The Bertz CT molecular complexity index is 1050. The Morgan fingerprint density at radius 2 is 1.74 bits per heavy atom. The second-order valence-electron chi connectivity index (χ2n) is 7.67. The van der Waals surface area contributed by atoms with E-state index in [4.69, 9.17) is 9.47 Å². The summed E-state index contributed by atoms with van der Waals surface area (Å²) in [4.78, 5) is 8.65. The molecule has 3 aromatic rings. The maximum absolute atomic E-state index is 5.73. The summed E-state index contributed by atoms with van der Waals surface area (Å²) in [5, 5.41) is 6.79. The van der Waals surface area contributed by atoms with Crippen molar-refractivity contribution in [2.45, 2.75) is 40.3 Å². The third-order valence-corrected chi connectivity index (χ3v) is 5.27. The van der Waals surface area contributed by atoms with Gasteiger partial charge in [0.2, 0.25) is 0 Å². The van der Waals surface area contributed by atoms with Gasteiger partial charge in [0.05, 0.1) is 13.2 Å². The highest BCUT2D eigenvalue weighted by Crippen LogP contribution is 2.28. The molecule has 184 valence electrons. The number of hydrogen-bond donors (Lipinski definition) is 2. The molecule has 0 aliphatic heterocycles. The normalized spacial score (nSPS) is 11.0. The first-order valence-corrected chi connectivity index (χ1v) is 11.5. The molecule has 0 bridgehead atoms. The minimum atomic E-state index is 0. The summed E-state index contributed by atoms with van der Waals surface area (Å²) in [6, 6.07) is 14.7. The molecular weight excluding hydrogens is 541 g/mol. The Kier molecular flexibility index (Phi) is 11.7. The van der Waals surface area contributed by atoms with Crippen LogP contribution in [0.25, 0.3) is 0 Å². The van der Waals surface area contributed by atoms with Crippen LogP contribution in [0.2, 0.25) is 0 Å². The van der Waals surface area contributed by atoms with Gasteiger partial charge in [-0.15, -0.1) is 24.0 Å². The fourth-order valence-electron chi connectivity index (χ4n) is 3.59. The number of aromatic nitrogens is 2. The Balaban J connectivity index is 0.00000408. The molecule has 0 unspecified atom stereocenters. The van der Waals surface area contributed by atoms with Crippen LogP contribution in [-0.4, -0.2) is 42.3 Å².